The minimum atomic E-state index is -0.690. The Morgan fingerprint density at radius 1 is 1.56 bits per heavy atom. The maximum absolute atomic E-state index is 10.4. The highest BCUT2D eigenvalue weighted by Crippen LogP contribution is 2.27. The number of hydrogen-bond acceptors (Lipinski definition) is 4. The van der Waals surface area contributed by atoms with Crippen LogP contribution in [0.15, 0.2) is 18.2 Å². The van der Waals surface area contributed by atoms with Gasteiger partial charge in [-0.3, -0.25) is 5.43 Å². The lowest BCUT2D eigenvalue weighted by molar-refractivity contribution is 0.246. The molecule has 0 unspecified atom stereocenters. The van der Waals surface area contributed by atoms with E-state index in [1.807, 2.05) is 6.92 Å². The second kappa shape index (κ2) is 6.04. The van der Waals surface area contributed by atoms with Crippen LogP contribution in [-0.4, -0.2) is 12.6 Å². The topological polar surface area (TPSA) is 88.4 Å². The number of nitrogens with two attached hydrogens (primary N) is 1. The monoisotopic (exact) mass is 244 g/mol. The standard InChI is InChI=1S/C9H13ClN4O2/c1-2-16-8-4-3-6(5-7(8)10)12-14-13-9(11)15/h3-5,12,14H,2H2,1H3,(H3,11,13,15). The molecule has 1 aromatic rings. The molecule has 0 aliphatic heterocycles. The Morgan fingerprint density at radius 2 is 2.31 bits per heavy atom. The van der Waals surface area contributed by atoms with Crippen molar-refractivity contribution in [1.29, 1.82) is 0 Å². The molecule has 0 fully saturated rings. The van der Waals surface area contributed by atoms with Crippen LogP contribution in [0.3, 0.4) is 0 Å². The fraction of sp³-hybridized carbons (Fsp3) is 0.222. The number of amides is 2. The number of rotatable bonds is 5. The molecule has 0 bridgehead atoms. The summed E-state index contributed by atoms with van der Waals surface area (Å²) in [6, 6.07) is 4.43. The Morgan fingerprint density at radius 3 is 2.88 bits per heavy atom. The van der Waals surface area contributed by atoms with Crippen molar-refractivity contribution >= 4 is 23.3 Å². The zero-order valence-corrected chi connectivity index (χ0v) is 9.47. The van der Waals surface area contributed by atoms with Gasteiger partial charge in [0.15, 0.2) is 0 Å². The molecule has 0 saturated carbocycles. The molecular weight excluding hydrogens is 232 g/mol. The molecule has 0 radical (unpaired) electrons. The van der Waals surface area contributed by atoms with Crippen molar-refractivity contribution in [2.75, 3.05) is 12.0 Å². The van der Waals surface area contributed by atoms with E-state index in [1.165, 1.54) is 0 Å². The Bertz CT molecular complexity index is 373. The molecule has 1 aromatic carbocycles. The van der Waals surface area contributed by atoms with Crippen molar-refractivity contribution in [3.05, 3.63) is 23.2 Å². The summed E-state index contributed by atoms with van der Waals surface area (Å²) in [4.78, 5) is 10.4. The molecule has 0 saturated heterocycles. The molecule has 1 rings (SSSR count). The zero-order chi connectivity index (χ0) is 12.0. The summed E-state index contributed by atoms with van der Waals surface area (Å²) in [6.45, 7) is 2.43. The van der Waals surface area contributed by atoms with E-state index in [1.54, 1.807) is 18.2 Å². The fourth-order valence-electron chi connectivity index (χ4n) is 1.02. The second-order valence-electron chi connectivity index (χ2n) is 2.82. The van der Waals surface area contributed by atoms with Crippen LogP contribution in [0.4, 0.5) is 10.5 Å². The third-order valence-electron chi connectivity index (χ3n) is 1.62. The third-order valence-corrected chi connectivity index (χ3v) is 1.92. The lowest BCUT2D eigenvalue weighted by Gasteiger charge is -2.10. The lowest BCUT2D eigenvalue weighted by atomic mass is 10.3. The van der Waals surface area contributed by atoms with Crippen LogP contribution in [0.5, 0.6) is 5.75 Å². The quantitative estimate of drug-likeness (QED) is 0.587. The number of hydrazine groups is 2. The molecule has 0 spiro atoms. The Labute approximate surface area is 98.0 Å². The number of halogens is 1. The Balaban J connectivity index is 2.55. The Kier molecular flexibility index (Phi) is 4.68. The van der Waals surface area contributed by atoms with Crippen LogP contribution in [-0.2, 0) is 0 Å². The van der Waals surface area contributed by atoms with Crippen LogP contribution in [0, 0.1) is 0 Å². The van der Waals surface area contributed by atoms with Gasteiger partial charge < -0.3 is 15.9 Å². The average Bonchev–Trinajstić information content (AvgIpc) is 2.21. The average molecular weight is 245 g/mol. The lowest BCUT2D eigenvalue weighted by Crippen LogP contribution is -2.44. The fourth-order valence-corrected chi connectivity index (χ4v) is 1.25. The molecule has 6 nitrogen and oxygen atoms in total. The number of anilines is 1. The number of nitrogens with one attached hydrogen (secondary N) is 3. The van der Waals surface area contributed by atoms with Crippen molar-refractivity contribution in [3.8, 4) is 5.75 Å². The van der Waals surface area contributed by atoms with Gasteiger partial charge in [-0.25, -0.2) is 4.79 Å². The van der Waals surface area contributed by atoms with Crippen molar-refractivity contribution < 1.29 is 9.53 Å². The first kappa shape index (κ1) is 12.4. The van der Waals surface area contributed by atoms with Gasteiger partial charge in [0.05, 0.1) is 17.3 Å². The summed E-state index contributed by atoms with van der Waals surface area (Å²) in [5.41, 5.74) is 12.8. The highest BCUT2D eigenvalue weighted by molar-refractivity contribution is 6.32. The molecule has 5 N–H and O–H groups in total. The predicted octanol–water partition coefficient (Wildman–Crippen LogP) is 1.24. The van der Waals surface area contributed by atoms with E-state index in [0.29, 0.717) is 23.1 Å². The minimum Gasteiger partial charge on any atom is -0.492 e. The molecule has 0 heterocycles. The molecule has 7 heteroatoms. The van der Waals surface area contributed by atoms with Gasteiger partial charge in [-0.2, -0.15) is 0 Å². The van der Waals surface area contributed by atoms with Crippen LogP contribution in [0.1, 0.15) is 6.92 Å². The van der Waals surface area contributed by atoms with Gasteiger partial charge in [-0.15, -0.1) is 5.53 Å². The highest BCUT2D eigenvalue weighted by Gasteiger charge is 2.01. The molecular formula is C9H13ClN4O2. The van der Waals surface area contributed by atoms with E-state index in [0.717, 1.165) is 0 Å². The predicted molar refractivity (Wildman–Crippen MR) is 62.1 cm³/mol. The third kappa shape index (κ3) is 3.84. The van der Waals surface area contributed by atoms with E-state index >= 15 is 0 Å². The van der Waals surface area contributed by atoms with Gasteiger partial charge in [0.1, 0.15) is 5.75 Å². The van der Waals surface area contributed by atoms with E-state index in [4.69, 9.17) is 22.1 Å². The normalized spacial score (nSPS) is 9.62. The summed E-state index contributed by atoms with van der Waals surface area (Å²) >= 11 is 5.94. The molecule has 0 aliphatic rings. The maximum Gasteiger partial charge on any atom is 0.327 e. The van der Waals surface area contributed by atoms with Gasteiger partial charge in [0, 0.05) is 0 Å². The van der Waals surface area contributed by atoms with E-state index < -0.39 is 6.03 Å². The van der Waals surface area contributed by atoms with Gasteiger partial charge >= 0.3 is 6.03 Å². The van der Waals surface area contributed by atoms with Crippen molar-refractivity contribution in [2.24, 2.45) is 5.73 Å². The van der Waals surface area contributed by atoms with Crippen molar-refractivity contribution in [3.63, 3.8) is 0 Å². The van der Waals surface area contributed by atoms with Gasteiger partial charge in [0.25, 0.3) is 0 Å². The van der Waals surface area contributed by atoms with Crippen molar-refractivity contribution in [1.82, 2.24) is 11.0 Å². The highest BCUT2D eigenvalue weighted by atomic mass is 35.5. The van der Waals surface area contributed by atoms with E-state index in [9.17, 15) is 4.79 Å². The Hall–Kier alpha value is -1.66. The SMILES string of the molecule is CCOc1ccc(NNNC(N)=O)cc1Cl. The van der Waals surface area contributed by atoms with E-state index in [-0.39, 0.29) is 0 Å². The minimum absolute atomic E-state index is 0.479. The van der Waals surface area contributed by atoms with Gasteiger partial charge in [-0.1, -0.05) is 11.6 Å². The number of hydrogen-bond donors (Lipinski definition) is 4. The number of carbonyl (C=O) groups excluding carboxylic acids is 1. The summed E-state index contributed by atoms with van der Waals surface area (Å²) in [7, 11) is 0. The smallest absolute Gasteiger partial charge is 0.327 e. The number of carbonyl (C=O) groups is 1. The largest absolute Gasteiger partial charge is 0.492 e. The summed E-state index contributed by atoms with van der Waals surface area (Å²) in [6.07, 6.45) is 0. The summed E-state index contributed by atoms with van der Waals surface area (Å²) < 4.78 is 5.26. The number of ether oxygens (including phenoxy) is 1. The second-order valence-corrected chi connectivity index (χ2v) is 3.22. The summed E-state index contributed by atoms with van der Waals surface area (Å²) in [5.74, 6) is 0.609. The molecule has 16 heavy (non-hydrogen) atoms. The van der Waals surface area contributed by atoms with Gasteiger partial charge in [0.2, 0.25) is 0 Å². The van der Waals surface area contributed by atoms with Crippen LogP contribution in [0.25, 0.3) is 0 Å². The molecule has 0 aromatic heterocycles. The molecule has 2 amide bonds. The summed E-state index contributed by atoms with van der Waals surface area (Å²) in [5, 5.41) is 0.479. The van der Waals surface area contributed by atoms with Crippen molar-refractivity contribution in [2.45, 2.75) is 6.92 Å². The first-order valence-corrected chi connectivity index (χ1v) is 5.00. The number of primary amides is 1. The van der Waals surface area contributed by atoms with Crippen LogP contribution in [0.2, 0.25) is 5.02 Å². The molecule has 0 aliphatic carbocycles. The van der Waals surface area contributed by atoms with Crippen LogP contribution >= 0.6 is 11.6 Å². The molecule has 88 valence electrons. The van der Waals surface area contributed by atoms with Gasteiger partial charge in [-0.05, 0) is 25.1 Å². The first-order chi connectivity index (χ1) is 7.63. The number of benzene rings is 1. The van der Waals surface area contributed by atoms with Crippen LogP contribution < -0.4 is 26.9 Å². The molecule has 0 atom stereocenters. The maximum atomic E-state index is 10.4. The zero-order valence-electron chi connectivity index (χ0n) is 8.71. The number of urea groups is 1. The first-order valence-electron chi connectivity index (χ1n) is 4.62. The van der Waals surface area contributed by atoms with E-state index in [2.05, 4.69) is 16.4 Å².